The van der Waals surface area contributed by atoms with Crippen LogP contribution in [0.3, 0.4) is 0 Å². The topological polar surface area (TPSA) is 60.9 Å². The van der Waals surface area contributed by atoms with Gasteiger partial charge in [0.25, 0.3) is 5.91 Å². The van der Waals surface area contributed by atoms with E-state index in [0.717, 1.165) is 61.3 Å². The largest absolute Gasteiger partial charge is 0.457 e. The van der Waals surface area contributed by atoms with Gasteiger partial charge in [-0.05, 0) is 79.1 Å². The molecule has 0 radical (unpaired) electrons. The molecule has 0 N–H and O–H groups in total. The maximum atomic E-state index is 13.1. The molecule has 6 nitrogen and oxygen atoms in total. The fourth-order valence-corrected chi connectivity index (χ4v) is 5.31. The first kappa shape index (κ1) is 25.7. The van der Waals surface area contributed by atoms with Crippen molar-refractivity contribution in [2.24, 2.45) is 0 Å². The number of amides is 1. The third kappa shape index (κ3) is 6.15. The van der Waals surface area contributed by atoms with Crippen molar-refractivity contribution >= 4 is 17.5 Å². The van der Waals surface area contributed by atoms with E-state index in [-0.39, 0.29) is 18.1 Å². The standard InChI is InChI=1S/C30H33ClN2O4/c1-2-21-8-3-4-10-27(21)37-24-12-13-25(23(18-24)20-36-28-11-5-6-17-35-28)22-14-16-33(19-22)30(34)29-26(31)9-7-15-32-29/h3-4,7-10,12-13,15,18,22,28H,2,5-6,11,14,16-17,19-20H2,1H3. The van der Waals surface area contributed by atoms with Crippen LogP contribution >= 0.6 is 11.6 Å². The quantitative estimate of drug-likeness (QED) is 0.328. The van der Waals surface area contributed by atoms with Crippen LogP contribution in [0.4, 0.5) is 0 Å². The number of aryl methyl sites for hydroxylation is 1. The van der Waals surface area contributed by atoms with E-state index in [1.807, 2.05) is 29.2 Å². The van der Waals surface area contributed by atoms with Crippen LogP contribution in [0.5, 0.6) is 11.5 Å². The lowest BCUT2D eigenvalue weighted by Crippen LogP contribution is -2.29. The lowest BCUT2D eigenvalue weighted by molar-refractivity contribution is -0.169. The Balaban J connectivity index is 1.36. The number of hydrogen-bond acceptors (Lipinski definition) is 5. The summed E-state index contributed by atoms with van der Waals surface area (Å²) in [6.45, 7) is 4.56. The molecule has 2 aliphatic rings. The predicted molar refractivity (Wildman–Crippen MR) is 143 cm³/mol. The van der Waals surface area contributed by atoms with Gasteiger partial charge in [0.2, 0.25) is 0 Å². The van der Waals surface area contributed by atoms with Gasteiger partial charge in [0.05, 0.1) is 11.6 Å². The van der Waals surface area contributed by atoms with E-state index >= 15 is 0 Å². The normalized spacial score (nSPS) is 19.7. The fourth-order valence-electron chi connectivity index (χ4n) is 5.11. The van der Waals surface area contributed by atoms with E-state index in [0.29, 0.717) is 30.4 Å². The first-order chi connectivity index (χ1) is 18.1. The molecule has 2 fully saturated rings. The number of aromatic nitrogens is 1. The van der Waals surface area contributed by atoms with Gasteiger partial charge in [-0.3, -0.25) is 4.79 Å². The molecule has 0 spiro atoms. The average Bonchev–Trinajstić information content (AvgIpc) is 3.43. The summed E-state index contributed by atoms with van der Waals surface area (Å²) in [6, 6.07) is 17.8. The Kier molecular flexibility index (Phi) is 8.39. The van der Waals surface area contributed by atoms with Gasteiger partial charge in [0.1, 0.15) is 17.2 Å². The second-order valence-corrected chi connectivity index (χ2v) is 10.0. The number of pyridine rings is 1. The summed E-state index contributed by atoms with van der Waals surface area (Å²) in [5.41, 5.74) is 3.71. The van der Waals surface area contributed by atoms with Crippen LogP contribution in [0.1, 0.15) is 65.7 Å². The molecule has 194 valence electrons. The molecule has 1 aromatic heterocycles. The first-order valence-corrected chi connectivity index (χ1v) is 13.5. The first-order valence-electron chi connectivity index (χ1n) is 13.1. The van der Waals surface area contributed by atoms with Crippen molar-refractivity contribution in [1.29, 1.82) is 0 Å². The predicted octanol–water partition coefficient (Wildman–Crippen LogP) is 6.76. The molecular formula is C30H33ClN2O4. The summed E-state index contributed by atoms with van der Waals surface area (Å²) in [5, 5.41) is 0.381. The van der Waals surface area contributed by atoms with Gasteiger partial charge in [-0.1, -0.05) is 42.8 Å². The molecule has 0 aliphatic carbocycles. The minimum atomic E-state index is -0.181. The molecule has 2 saturated heterocycles. The molecule has 1 amide bonds. The molecule has 3 aromatic rings. The zero-order valence-corrected chi connectivity index (χ0v) is 22.0. The summed E-state index contributed by atoms with van der Waals surface area (Å²) < 4.78 is 18.3. The SMILES string of the molecule is CCc1ccccc1Oc1ccc(C2CCN(C(=O)c3ncccc3Cl)C2)c(COC2CCCCO2)c1. The number of nitrogens with zero attached hydrogens (tertiary/aromatic N) is 2. The maximum absolute atomic E-state index is 13.1. The second-order valence-electron chi connectivity index (χ2n) is 9.60. The molecule has 5 rings (SSSR count). The molecule has 3 heterocycles. The van der Waals surface area contributed by atoms with E-state index < -0.39 is 0 Å². The highest BCUT2D eigenvalue weighted by Crippen LogP contribution is 2.35. The summed E-state index contributed by atoms with van der Waals surface area (Å²) in [7, 11) is 0. The summed E-state index contributed by atoms with van der Waals surface area (Å²) in [4.78, 5) is 19.2. The smallest absolute Gasteiger partial charge is 0.274 e. The van der Waals surface area contributed by atoms with Gasteiger partial charge in [0.15, 0.2) is 6.29 Å². The number of ether oxygens (including phenoxy) is 3. The van der Waals surface area contributed by atoms with Gasteiger partial charge < -0.3 is 19.1 Å². The van der Waals surface area contributed by atoms with E-state index in [1.165, 1.54) is 5.56 Å². The molecule has 0 saturated carbocycles. The highest BCUT2D eigenvalue weighted by atomic mass is 35.5. The number of likely N-dealkylation sites (tertiary alicyclic amines) is 1. The van der Waals surface area contributed by atoms with Gasteiger partial charge in [-0.2, -0.15) is 0 Å². The number of para-hydroxylation sites is 1. The molecule has 0 bridgehead atoms. The molecule has 2 aromatic carbocycles. The molecule has 7 heteroatoms. The van der Waals surface area contributed by atoms with E-state index in [1.54, 1.807) is 18.3 Å². The Labute approximate surface area is 223 Å². The van der Waals surface area contributed by atoms with E-state index in [2.05, 4.69) is 30.1 Å². The van der Waals surface area contributed by atoms with Crippen LogP contribution in [0.15, 0.2) is 60.8 Å². The fraction of sp³-hybridized carbons (Fsp3) is 0.400. The molecule has 2 unspecified atom stereocenters. The Morgan fingerprint density at radius 2 is 2.00 bits per heavy atom. The van der Waals surface area contributed by atoms with Crippen molar-refractivity contribution in [2.75, 3.05) is 19.7 Å². The second kappa shape index (κ2) is 12.1. The Morgan fingerprint density at radius 3 is 2.81 bits per heavy atom. The van der Waals surface area contributed by atoms with Gasteiger partial charge >= 0.3 is 0 Å². The highest BCUT2D eigenvalue weighted by molar-refractivity contribution is 6.33. The molecular weight excluding hydrogens is 488 g/mol. The van der Waals surface area contributed by atoms with Crippen molar-refractivity contribution in [3.63, 3.8) is 0 Å². The summed E-state index contributed by atoms with van der Waals surface area (Å²) in [5.74, 6) is 1.70. The average molecular weight is 521 g/mol. The Bertz CT molecular complexity index is 1230. The van der Waals surface area contributed by atoms with Gasteiger partial charge in [-0.25, -0.2) is 4.98 Å². The van der Waals surface area contributed by atoms with E-state index in [9.17, 15) is 4.79 Å². The minimum absolute atomic E-state index is 0.127. The Hall–Kier alpha value is -2.93. The third-order valence-corrected chi connectivity index (χ3v) is 7.44. The number of benzene rings is 2. The van der Waals surface area contributed by atoms with Crippen LogP contribution in [-0.4, -0.2) is 41.8 Å². The minimum Gasteiger partial charge on any atom is -0.457 e. The number of carbonyl (C=O) groups excluding carboxylic acids is 1. The van der Waals surface area contributed by atoms with Crippen LogP contribution in [0.25, 0.3) is 0 Å². The molecule has 2 atom stereocenters. The van der Waals surface area contributed by atoms with Crippen LogP contribution < -0.4 is 4.74 Å². The number of halogens is 1. The zero-order chi connectivity index (χ0) is 25.6. The number of rotatable bonds is 8. The third-order valence-electron chi connectivity index (χ3n) is 7.13. The van der Waals surface area contributed by atoms with Crippen molar-refractivity contribution < 1.29 is 19.0 Å². The highest BCUT2D eigenvalue weighted by Gasteiger charge is 2.31. The molecule has 37 heavy (non-hydrogen) atoms. The molecule has 2 aliphatic heterocycles. The number of hydrogen-bond donors (Lipinski definition) is 0. The number of carbonyl (C=O) groups is 1. The van der Waals surface area contributed by atoms with Crippen molar-refractivity contribution in [1.82, 2.24) is 9.88 Å². The monoisotopic (exact) mass is 520 g/mol. The zero-order valence-electron chi connectivity index (χ0n) is 21.2. The van der Waals surface area contributed by atoms with Gasteiger partial charge in [-0.15, -0.1) is 0 Å². The van der Waals surface area contributed by atoms with Crippen LogP contribution in [-0.2, 0) is 22.5 Å². The maximum Gasteiger partial charge on any atom is 0.274 e. The van der Waals surface area contributed by atoms with Gasteiger partial charge in [0, 0.05) is 31.8 Å². The Morgan fingerprint density at radius 1 is 1.11 bits per heavy atom. The van der Waals surface area contributed by atoms with Crippen LogP contribution in [0.2, 0.25) is 5.02 Å². The van der Waals surface area contributed by atoms with E-state index in [4.69, 9.17) is 25.8 Å². The summed E-state index contributed by atoms with van der Waals surface area (Å²) >= 11 is 6.24. The lowest BCUT2D eigenvalue weighted by atomic mass is 9.93. The van der Waals surface area contributed by atoms with Crippen LogP contribution in [0, 0.1) is 0 Å². The van der Waals surface area contributed by atoms with Crippen molar-refractivity contribution in [2.45, 2.75) is 57.8 Å². The van der Waals surface area contributed by atoms with Crippen molar-refractivity contribution in [3.05, 3.63) is 88.2 Å². The summed E-state index contributed by atoms with van der Waals surface area (Å²) in [6.07, 6.45) is 6.29. The lowest BCUT2D eigenvalue weighted by Gasteiger charge is -2.24. The van der Waals surface area contributed by atoms with Crippen molar-refractivity contribution in [3.8, 4) is 11.5 Å².